The Bertz CT molecular complexity index is 422. The molecule has 1 N–H and O–H groups in total. The van der Waals surface area contributed by atoms with Gasteiger partial charge in [0.2, 0.25) is 0 Å². The molecule has 1 atom stereocenters. The van der Waals surface area contributed by atoms with Gasteiger partial charge in [-0.05, 0) is 25.7 Å². The lowest BCUT2D eigenvalue weighted by Gasteiger charge is -2.28. The highest BCUT2D eigenvalue weighted by Gasteiger charge is 2.23. The Morgan fingerprint density at radius 3 is 2.55 bits per heavy atom. The van der Waals surface area contributed by atoms with E-state index in [0.29, 0.717) is 6.04 Å². The van der Waals surface area contributed by atoms with E-state index in [1.807, 2.05) is 11.7 Å². The van der Waals surface area contributed by atoms with Crippen molar-refractivity contribution in [1.29, 1.82) is 0 Å². The summed E-state index contributed by atoms with van der Waals surface area (Å²) in [6.45, 7) is 10.0. The van der Waals surface area contributed by atoms with E-state index in [1.54, 1.807) is 0 Å². The maximum absolute atomic E-state index is 4.65. The van der Waals surface area contributed by atoms with Crippen LogP contribution in [0.2, 0.25) is 0 Å². The van der Waals surface area contributed by atoms with E-state index in [0.717, 1.165) is 12.5 Å². The van der Waals surface area contributed by atoms with Crippen LogP contribution >= 0.6 is 0 Å². The smallest absolute Gasteiger partial charge is 0.0722 e. The van der Waals surface area contributed by atoms with Crippen molar-refractivity contribution in [3.8, 4) is 0 Å². The predicted octanol–water partition coefficient (Wildman–Crippen LogP) is 3.78. The van der Waals surface area contributed by atoms with Gasteiger partial charge >= 0.3 is 0 Å². The third kappa shape index (κ3) is 3.85. The highest BCUT2D eigenvalue weighted by Crippen LogP contribution is 2.27. The average molecular weight is 277 g/mol. The Morgan fingerprint density at radius 1 is 1.30 bits per heavy atom. The number of rotatable bonds is 4. The van der Waals surface area contributed by atoms with E-state index in [9.17, 15) is 0 Å². The van der Waals surface area contributed by atoms with Crippen molar-refractivity contribution in [3.05, 3.63) is 17.5 Å². The first-order valence-electron chi connectivity index (χ1n) is 8.14. The van der Waals surface area contributed by atoms with E-state index < -0.39 is 0 Å². The van der Waals surface area contributed by atoms with Gasteiger partial charge in [0, 0.05) is 36.8 Å². The lowest BCUT2D eigenvalue weighted by atomic mass is 9.84. The molecular weight excluding hydrogens is 246 g/mol. The number of aromatic nitrogens is 2. The first-order chi connectivity index (χ1) is 9.38. The van der Waals surface area contributed by atoms with Crippen molar-refractivity contribution >= 4 is 0 Å². The van der Waals surface area contributed by atoms with Crippen LogP contribution in [-0.4, -0.2) is 15.8 Å². The number of aryl methyl sites for hydroxylation is 1. The lowest BCUT2D eigenvalue weighted by Crippen LogP contribution is -2.34. The molecule has 0 aromatic carbocycles. The second kappa shape index (κ2) is 6.30. The molecule has 0 unspecified atom stereocenters. The minimum absolute atomic E-state index is 0.117. The van der Waals surface area contributed by atoms with Gasteiger partial charge in [-0.15, -0.1) is 0 Å². The number of hydrogen-bond donors (Lipinski definition) is 1. The fourth-order valence-electron chi connectivity index (χ4n) is 3.37. The van der Waals surface area contributed by atoms with Crippen molar-refractivity contribution in [2.24, 2.45) is 13.0 Å². The zero-order valence-corrected chi connectivity index (χ0v) is 13.9. The van der Waals surface area contributed by atoms with Crippen molar-refractivity contribution in [3.63, 3.8) is 0 Å². The van der Waals surface area contributed by atoms with Gasteiger partial charge < -0.3 is 5.32 Å². The highest BCUT2D eigenvalue weighted by atomic mass is 15.3. The molecule has 3 heteroatoms. The Balaban J connectivity index is 1.96. The summed E-state index contributed by atoms with van der Waals surface area (Å²) in [7, 11) is 2.02. The van der Waals surface area contributed by atoms with Crippen molar-refractivity contribution in [2.45, 2.75) is 77.8 Å². The van der Waals surface area contributed by atoms with Gasteiger partial charge in [0.1, 0.15) is 0 Å². The zero-order chi connectivity index (χ0) is 14.8. The Morgan fingerprint density at radius 2 is 1.95 bits per heavy atom. The molecule has 1 aromatic rings. The molecule has 2 rings (SSSR count). The van der Waals surface area contributed by atoms with Crippen molar-refractivity contribution < 1.29 is 0 Å². The first-order valence-corrected chi connectivity index (χ1v) is 8.14. The molecule has 3 nitrogen and oxygen atoms in total. The standard InChI is InChI=1S/C17H31N3/c1-13(14-9-7-6-8-10-14)18-11-15-12-20(5)19-16(15)17(2,3)4/h12-14,18H,6-11H2,1-5H3/t13-/m0/s1. The third-order valence-electron chi connectivity index (χ3n) is 4.59. The molecule has 1 aromatic heterocycles. The Hall–Kier alpha value is -0.830. The number of hydrogen-bond acceptors (Lipinski definition) is 2. The summed E-state index contributed by atoms with van der Waals surface area (Å²) in [6.07, 6.45) is 9.22. The molecule has 20 heavy (non-hydrogen) atoms. The van der Waals surface area contributed by atoms with Gasteiger partial charge in [-0.3, -0.25) is 4.68 Å². The van der Waals surface area contributed by atoms with Crippen LogP contribution in [0.1, 0.15) is 71.1 Å². The average Bonchev–Trinajstić information content (AvgIpc) is 2.78. The monoisotopic (exact) mass is 277 g/mol. The van der Waals surface area contributed by atoms with Crippen LogP contribution in [0.15, 0.2) is 6.20 Å². The maximum Gasteiger partial charge on any atom is 0.0722 e. The third-order valence-corrected chi connectivity index (χ3v) is 4.59. The number of nitrogens with zero attached hydrogens (tertiary/aromatic N) is 2. The fraction of sp³-hybridized carbons (Fsp3) is 0.824. The second-order valence-electron chi connectivity index (χ2n) is 7.49. The molecule has 1 saturated carbocycles. The summed E-state index contributed by atoms with van der Waals surface area (Å²) in [5.74, 6) is 0.860. The summed E-state index contributed by atoms with van der Waals surface area (Å²) in [5.41, 5.74) is 2.69. The molecule has 0 amide bonds. The van der Waals surface area contributed by atoms with Gasteiger partial charge in [-0.2, -0.15) is 5.10 Å². The normalized spacial score (nSPS) is 19.2. The molecule has 1 fully saturated rings. The van der Waals surface area contributed by atoms with E-state index in [1.165, 1.54) is 43.4 Å². The minimum atomic E-state index is 0.117. The van der Waals surface area contributed by atoms with Crippen LogP contribution in [0.5, 0.6) is 0 Å². The van der Waals surface area contributed by atoms with Crippen LogP contribution in [0.25, 0.3) is 0 Å². The zero-order valence-electron chi connectivity index (χ0n) is 13.9. The molecule has 0 radical (unpaired) electrons. The highest BCUT2D eigenvalue weighted by molar-refractivity contribution is 5.23. The van der Waals surface area contributed by atoms with Crippen LogP contribution in [0, 0.1) is 5.92 Å². The van der Waals surface area contributed by atoms with Crippen molar-refractivity contribution in [1.82, 2.24) is 15.1 Å². The second-order valence-corrected chi connectivity index (χ2v) is 7.49. The van der Waals surface area contributed by atoms with Crippen LogP contribution in [-0.2, 0) is 19.0 Å². The van der Waals surface area contributed by atoms with Crippen LogP contribution < -0.4 is 5.32 Å². The van der Waals surface area contributed by atoms with Gasteiger partial charge in [0.05, 0.1) is 5.69 Å². The molecule has 1 heterocycles. The summed E-state index contributed by atoms with van der Waals surface area (Å²) >= 11 is 0. The molecule has 0 bridgehead atoms. The lowest BCUT2D eigenvalue weighted by molar-refractivity contribution is 0.280. The fourth-order valence-corrected chi connectivity index (χ4v) is 3.37. The maximum atomic E-state index is 4.65. The van der Waals surface area contributed by atoms with E-state index in [2.05, 4.69) is 44.3 Å². The summed E-state index contributed by atoms with van der Waals surface area (Å²) in [4.78, 5) is 0. The molecule has 0 saturated heterocycles. The van der Waals surface area contributed by atoms with Gasteiger partial charge in [0.15, 0.2) is 0 Å². The van der Waals surface area contributed by atoms with Gasteiger partial charge in [0.25, 0.3) is 0 Å². The van der Waals surface area contributed by atoms with Crippen molar-refractivity contribution in [2.75, 3.05) is 0 Å². The quantitative estimate of drug-likeness (QED) is 0.907. The predicted molar refractivity (Wildman–Crippen MR) is 84.8 cm³/mol. The summed E-state index contributed by atoms with van der Waals surface area (Å²) < 4.78 is 1.95. The molecule has 1 aliphatic rings. The minimum Gasteiger partial charge on any atom is -0.310 e. The molecular formula is C17H31N3. The molecule has 0 aliphatic heterocycles. The van der Waals surface area contributed by atoms with Gasteiger partial charge in [-0.1, -0.05) is 40.0 Å². The molecule has 114 valence electrons. The van der Waals surface area contributed by atoms with Crippen LogP contribution in [0.3, 0.4) is 0 Å². The van der Waals surface area contributed by atoms with Gasteiger partial charge in [-0.25, -0.2) is 0 Å². The topological polar surface area (TPSA) is 29.9 Å². The van der Waals surface area contributed by atoms with E-state index in [-0.39, 0.29) is 5.41 Å². The molecule has 1 aliphatic carbocycles. The Labute approximate surface area is 124 Å². The molecule has 0 spiro atoms. The van der Waals surface area contributed by atoms with E-state index in [4.69, 9.17) is 0 Å². The largest absolute Gasteiger partial charge is 0.310 e. The van der Waals surface area contributed by atoms with E-state index >= 15 is 0 Å². The van der Waals surface area contributed by atoms with Crippen LogP contribution in [0.4, 0.5) is 0 Å². The summed E-state index contributed by atoms with van der Waals surface area (Å²) in [6, 6.07) is 0.614. The Kier molecular flexibility index (Phi) is 4.90. The first kappa shape index (κ1) is 15.6. The summed E-state index contributed by atoms with van der Waals surface area (Å²) in [5, 5.41) is 8.39. The number of nitrogens with one attached hydrogen (secondary N) is 1. The SMILES string of the molecule is C[C@H](NCc1cn(C)nc1C(C)(C)C)C1CCCCC1.